The third-order valence-corrected chi connectivity index (χ3v) is 4.12. The van der Waals surface area contributed by atoms with Gasteiger partial charge in [-0.3, -0.25) is 0 Å². The molecular formula is C16H16BrNO. The molecule has 0 radical (unpaired) electrons. The number of fused-ring (bicyclic) bond motifs is 1. The molecule has 1 N–H and O–H groups in total. The third kappa shape index (κ3) is 2.67. The summed E-state index contributed by atoms with van der Waals surface area (Å²) in [7, 11) is 0. The number of benzene rings is 2. The number of hydrogen-bond acceptors (Lipinski definition) is 2. The Hall–Kier alpha value is -1.32. The van der Waals surface area contributed by atoms with Crippen LogP contribution in [0, 0.1) is 6.92 Å². The van der Waals surface area contributed by atoms with E-state index in [0.717, 1.165) is 10.2 Å². The molecule has 0 aromatic heterocycles. The largest absolute Gasteiger partial charge is 0.375 e. The van der Waals surface area contributed by atoms with Crippen LogP contribution in [0.5, 0.6) is 0 Å². The summed E-state index contributed by atoms with van der Waals surface area (Å²) in [4.78, 5) is 0. The molecular weight excluding hydrogens is 302 g/mol. The Bertz CT molecular complexity index is 597. The van der Waals surface area contributed by atoms with Gasteiger partial charge < -0.3 is 10.1 Å². The molecule has 3 rings (SSSR count). The maximum absolute atomic E-state index is 5.67. The van der Waals surface area contributed by atoms with Gasteiger partial charge in [0, 0.05) is 10.2 Å². The summed E-state index contributed by atoms with van der Waals surface area (Å²) < 4.78 is 6.76. The van der Waals surface area contributed by atoms with E-state index in [2.05, 4.69) is 70.6 Å². The van der Waals surface area contributed by atoms with E-state index in [4.69, 9.17) is 4.74 Å². The van der Waals surface area contributed by atoms with Crippen LogP contribution in [0.1, 0.15) is 22.7 Å². The average molecular weight is 318 g/mol. The fraction of sp³-hybridized carbons (Fsp3) is 0.250. The van der Waals surface area contributed by atoms with E-state index in [1.807, 2.05) is 0 Å². The number of ether oxygens (including phenoxy) is 1. The summed E-state index contributed by atoms with van der Waals surface area (Å²) in [6, 6.07) is 15.0. The normalized spacial score (nSPS) is 17.9. The monoisotopic (exact) mass is 317 g/mol. The minimum atomic E-state index is 0.211. The van der Waals surface area contributed by atoms with Crippen LogP contribution in [-0.4, -0.2) is 6.61 Å². The van der Waals surface area contributed by atoms with Gasteiger partial charge in [0.25, 0.3) is 0 Å². The number of anilines is 1. The molecule has 98 valence electrons. The van der Waals surface area contributed by atoms with Crippen LogP contribution in [0.3, 0.4) is 0 Å². The highest BCUT2D eigenvalue weighted by Gasteiger charge is 2.20. The molecule has 2 aromatic carbocycles. The van der Waals surface area contributed by atoms with Gasteiger partial charge in [-0.1, -0.05) is 30.3 Å². The molecule has 0 bridgehead atoms. The Morgan fingerprint density at radius 2 is 2.05 bits per heavy atom. The molecule has 0 spiro atoms. The molecule has 1 aliphatic heterocycles. The van der Waals surface area contributed by atoms with Crippen LogP contribution in [0.4, 0.5) is 5.69 Å². The van der Waals surface area contributed by atoms with Crippen LogP contribution in [-0.2, 0) is 11.3 Å². The summed E-state index contributed by atoms with van der Waals surface area (Å²) >= 11 is 3.59. The molecule has 0 amide bonds. The molecule has 3 heteroatoms. The summed E-state index contributed by atoms with van der Waals surface area (Å²) in [5.41, 5.74) is 4.97. The average Bonchev–Trinajstić information content (AvgIpc) is 2.43. The lowest BCUT2D eigenvalue weighted by atomic mass is 9.99. The van der Waals surface area contributed by atoms with Crippen molar-refractivity contribution in [3.8, 4) is 0 Å². The van der Waals surface area contributed by atoms with Crippen molar-refractivity contribution in [2.45, 2.75) is 19.6 Å². The Balaban J connectivity index is 1.90. The summed E-state index contributed by atoms with van der Waals surface area (Å²) in [5.74, 6) is 0. The van der Waals surface area contributed by atoms with Gasteiger partial charge in [0.1, 0.15) is 0 Å². The number of rotatable bonds is 2. The van der Waals surface area contributed by atoms with Crippen molar-refractivity contribution in [2.24, 2.45) is 0 Å². The Labute approximate surface area is 121 Å². The fourth-order valence-corrected chi connectivity index (χ4v) is 2.80. The zero-order valence-corrected chi connectivity index (χ0v) is 12.4. The molecule has 2 nitrogen and oxygen atoms in total. The van der Waals surface area contributed by atoms with Gasteiger partial charge in [-0.25, -0.2) is 0 Å². The minimum absolute atomic E-state index is 0.211. The second-order valence-corrected chi connectivity index (χ2v) is 5.75. The molecule has 1 unspecified atom stereocenters. The molecule has 1 aliphatic rings. The third-order valence-electron chi connectivity index (χ3n) is 3.42. The highest BCUT2D eigenvalue weighted by atomic mass is 79.9. The fourth-order valence-electron chi connectivity index (χ4n) is 2.44. The van der Waals surface area contributed by atoms with Gasteiger partial charge in [-0.2, -0.15) is 0 Å². The molecule has 1 heterocycles. The van der Waals surface area contributed by atoms with E-state index >= 15 is 0 Å². The van der Waals surface area contributed by atoms with E-state index in [-0.39, 0.29) is 6.04 Å². The summed E-state index contributed by atoms with van der Waals surface area (Å²) in [5, 5.41) is 3.57. The Morgan fingerprint density at radius 1 is 1.21 bits per heavy atom. The van der Waals surface area contributed by atoms with E-state index in [1.165, 1.54) is 16.7 Å². The lowest BCUT2D eigenvalue weighted by Gasteiger charge is -2.27. The van der Waals surface area contributed by atoms with Crippen molar-refractivity contribution in [1.29, 1.82) is 0 Å². The van der Waals surface area contributed by atoms with E-state index < -0.39 is 0 Å². The molecule has 2 aromatic rings. The van der Waals surface area contributed by atoms with Crippen molar-refractivity contribution in [1.82, 2.24) is 0 Å². The molecule has 0 saturated carbocycles. The first-order valence-corrected chi connectivity index (χ1v) is 7.21. The quantitative estimate of drug-likeness (QED) is 0.884. The molecule has 1 atom stereocenters. The first-order chi connectivity index (χ1) is 9.24. The minimum Gasteiger partial charge on any atom is -0.375 e. The standard InChI is InChI=1S/C16H16BrNO/c1-11-6-7-14(17)15(8-11)18-16-10-19-9-12-4-2-3-5-13(12)16/h2-8,16,18H,9-10H2,1H3. The van der Waals surface area contributed by atoms with Gasteiger partial charge in [0.05, 0.1) is 19.3 Å². The smallest absolute Gasteiger partial charge is 0.0751 e. The van der Waals surface area contributed by atoms with Crippen LogP contribution in [0.25, 0.3) is 0 Å². The van der Waals surface area contributed by atoms with Crippen LogP contribution < -0.4 is 5.32 Å². The topological polar surface area (TPSA) is 21.3 Å². The van der Waals surface area contributed by atoms with E-state index in [1.54, 1.807) is 0 Å². The predicted molar refractivity (Wildman–Crippen MR) is 81.3 cm³/mol. The predicted octanol–water partition coefficient (Wildman–Crippen LogP) is 4.44. The van der Waals surface area contributed by atoms with Crippen molar-refractivity contribution in [3.63, 3.8) is 0 Å². The molecule has 0 aliphatic carbocycles. The Morgan fingerprint density at radius 3 is 2.95 bits per heavy atom. The number of aryl methyl sites for hydroxylation is 1. The first kappa shape index (κ1) is 12.7. The second kappa shape index (κ2) is 5.35. The lowest BCUT2D eigenvalue weighted by molar-refractivity contribution is 0.0970. The van der Waals surface area contributed by atoms with Gasteiger partial charge in [0.15, 0.2) is 0 Å². The molecule has 0 saturated heterocycles. The Kier molecular flexibility index (Phi) is 3.58. The van der Waals surface area contributed by atoms with Crippen molar-refractivity contribution >= 4 is 21.6 Å². The van der Waals surface area contributed by atoms with Crippen LogP contribution in [0.2, 0.25) is 0 Å². The number of hydrogen-bond donors (Lipinski definition) is 1. The number of halogens is 1. The zero-order valence-electron chi connectivity index (χ0n) is 10.8. The number of nitrogens with one attached hydrogen (secondary N) is 1. The van der Waals surface area contributed by atoms with Crippen LogP contribution >= 0.6 is 15.9 Å². The van der Waals surface area contributed by atoms with Gasteiger partial charge in [0.2, 0.25) is 0 Å². The van der Waals surface area contributed by atoms with E-state index in [0.29, 0.717) is 13.2 Å². The summed E-state index contributed by atoms with van der Waals surface area (Å²) in [6.07, 6.45) is 0. The summed E-state index contributed by atoms with van der Waals surface area (Å²) in [6.45, 7) is 3.52. The highest BCUT2D eigenvalue weighted by Crippen LogP contribution is 2.31. The molecule has 0 fully saturated rings. The lowest BCUT2D eigenvalue weighted by Crippen LogP contribution is -2.23. The van der Waals surface area contributed by atoms with Gasteiger partial charge >= 0.3 is 0 Å². The SMILES string of the molecule is Cc1ccc(Br)c(NC2COCc3ccccc32)c1. The van der Waals surface area contributed by atoms with Crippen molar-refractivity contribution in [3.05, 3.63) is 63.6 Å². The first-order valence-electron chi connectivity index (χ1n) is 6.42. The van der Waals surface area contributed by atoms with Gasteiger partial charge in [-0.15, -0.1) is 0 Å². The van der Waals surface area contributed by atoms with Crippen LogP contribution in [0.15, 0.2) is 46.9 Å². The highest BCUT2D eigenvalue weighted by molar-refractivity contribution is 9.10. The zero-order chi connectivity index (χ0) is 13.2. The maximum Gasteiger partial charge on any atom is 0.0751 e. The second-order valence-electron chi connectivity index (χ2n) is 4.89. The van der Waals surface area contributed by atoms with Crippen molar-refractivity contribution < 1.29 is 4.74 Å². The maximum atomic E-state index is 5.67. The van der Waals surface area contributed by atoms with E-state index in [9.17, 15) is 0 Å². The van der Waals surface area contributed by atoms with Crippen molar-refractivity contribution in [2.75, 3.05) is 11.9 Å². The van der Waals surface area contributed by atoms with Gasteiger partial charge in [-0.05, 0) is 51.7 Å². The molecule has 19 heavy (non-hydrogen) atoms.